The van der Waals surface area contributed by atoms with Crippen LogP contribution in [0.3, 0.4) is 0 Å². The van der Waals surface area contributed by atoms with Gasteiger partial charge in [0.25, 0.3) is 5.91 Å². The fourth-order valence-corrected chi connectivity index (χ4v) is 5.00. The predicted molar refractivity (Wildman–Crippen MR) is 90.4 cm³/mol. The summed E-state index contributed by atoms with van der Waals surface area (Å²) in [4.78, 5) is 16.9. The van der Waals surface area contributed by atoms with E-state index in [1.165, 1.54) is 12.2 Å². The second-order valence-corrected chi connectivity index (χ2v) is 10.1. The van der Waals surface area contributed by atoms with Crippen molar-refractivity contribution in [2.75, 3.05) is 14.2 Å². The van der Waals surface area contributed by atoms with Crippen molar-refractivity contribution in [1.29, 1.82) is 0 Å². The van der Waals surface area contributed by atoms with Crippen molar-refractivity contribution in [3.63, 3.8) is 0 Å². The molecule has 5 heteroatoms. The summed E-state index contributed by atoms with van der Waals surface area (Å²) < 4.78 is 0. The number of nitrogens with zero attached hydrogens (tertiary/aromatic N) is 1. The van der Waals surface area contributed by atoms with Crippen molar-refractivity contribution in [3.8, 4) is 5.75 Å². The fourth-order valence-electron chi connectivity index (χ4n) is 2.45. The Kier molecular flexibility index (Phi) is 4.68. The van der Waals surface area contributed by atoms with Crippen molar-refractivity contribution in [2.45, 2.75) is 13.1 Å². The molecule has 0 bridgehead atoms. The zero-order chi connectivity index (χ0) is 16.3. The van der Waals surface area contributed by atoms with Crippen LogP contribution in [-0.4, -0.2) is 38.3 Å². The molecule has 0 aliphatic carbocycles. The topological polar surface area (TPSA) is 49.8 Å². The van der Waals surface area contributed by atoms with E-state index in [-0.39, 0.29) is 5.91 Å². The van der Waals surface area contributed by atoms with Crippen LogP contribution < -0.4 is 10.4 Å². The number of rotatable bonds is 4. The number of phenols is 1. The summed E-state index contributed by atoms with van der Waals surface area (Å²) in [5, 5.41) is 13.5. The number of benzene rings is 2. The van der Waals surface area contributed by atoms with Gasteiger partial charge < -0.3 is 5.11 Å². The van der Waals surface area contributed by atoms with Crippen molar-refractivity contribution in [2.24, 2.45) is 0 Å². The summed E-state index contributed by atoms with van der Waals surface area (Å²) in [5.41, 5.74) is 0.579. The van der Waals surface area contributed by atoms with Gasteiger partial charge in [0.1, 0.15) is 13.8 Å². The molecule has 0 unspecified atom stereocenters. The highest BCUT2D eigenvalue weighted by molar-refractivity contribution is 7.00. The van der Waals surface area contributed by atoms with E-state index in [1.807, 2.05) is 42.5 Å². The minimum absolute atomic E-state index is 0.184. The largest absolute Gasteiger partial charge is 0.508 e. The highest BCUT2D eigenvalue weighted by atomic mass is 28.3. The van der Waals surface area contributed by atoms with Gasteiger partial charge >= 0.3 is 0 Å². The van der Waals surface area contributed by atoms with E-state index in [0.29, 0.717) is 11.3 Å². The molecule has 0 aromatic heterocycles. The predicted octanol–water partition coefficient (Wildman–Crippen LogP) is 1.85. The average molecular weight is 315 g/mol. The maximum atomic E-state index is 12.0. The first-order valence-electron chi connectivity index (χ1n) is 7.09. The first-order chi connectivity index (χ1) is 10.4. The van der Waals surface area contributed by atoms with Crippen LogP contribution in [0.2, 0.25) is 13.1 Å². The van der Waals surface area contributed by atoms with E-state index in [0.717, 1.165) is 10.4 Å². The third-order valence-corrected chi connectivity index (χ3v) is 7.54. The molecule has 22 heavy (non-hydrogen) atoms. The summed E-state index contributed by atoms with van der Waals surface area (Å²) in [7, 11) is 1.04. The highest BCUT2D eigenvalue weighted by Gasteiger charge is 2.28. The number of carbonyl (C=O) groups excluding carboxylic acids is 1. The van der Waals surface area contributed by atoms with Crippen LogP contribution >= 0.6 is 0 Å². The fraction of sp³-hybridized carbons (Fsp3) is 0.235. The third kappa shape index (κ3) is 3.05. The second kappa shape index (κ2) is 6.33. The molecule has 0 spiro atoms. The number of aromatic hydroxyl groups is 1. The maximum absolute atomic E-state index is 12.0. The van der Waals surface area contributed by atoms with Crippen LogP contribution in [0.1, 0.15) is 10.4 Å². The Morgan fingerprint density at radius 3 is 2.23 bits per heavy atom. The Labute approximate surface area is 131 Å². The lowest BCUT2D eigenvalue weighted by molar-refractivity contribution is -0.0756. The standard InChI is InChI=1S/C17H21NO3Si/c1-18(21-2)17(20)13-9-11-14(12-10-13)22(3,4)16-8-6-5-7-15(16)19/h5-12,19H,1-4H3. The van der Waals surface area contributed by atoms with Gasteiger partial charge in [0, 0.05) is 12.6 Å². The van der Waals surface area contributed by atoms with Crippen LogP contribution in [0.25, 0.3) is 0 Å². The Bertz CT molecular complexity index is 668. The third-order valence-electron chi connectivity index (χ3n) is 3.99. The highest BCUT2D eigenvalue weighted by Crippen LogP contribution is 2.13. The number of hydrogen-bond donors (Lipinski definition) is 1. The lowest BCUT2D eigenvalue weighted by Crippen LogP contribution is -2.52. The zero-order valence-electron chi connectivity index (χ0n) is 13.3. The van der Waals surface area contributed by atoms with E-state index >= 15 is 0 Å². The number of para-hydroxylation sites is 1. The van der Waals surface area contributed by atoms with Crippen molar-refractivity contribution in [1.82, 2.24) is 5.06 Å². The second-order valence-electron chi connectivity index (χ2n) is 5.70. The molecule has 1 amide bonds. The molecule has 0 heterocycles. The molecule has 1 N–H and O–H groups in total. The molecule has 2 aromatic rings. The molecule has 0 fully saturated rings. The molecule has 116 valence electrons. The van der Waals surface area contributed by atoms with Gasteiger partial charge in [-0.25, -0.2) is 5.06 Å². The van der Waals surface area contributed by atoms with Gasteiger partial charge in [0.05, 0.1) is 7.11 Å². The molecule has 0 aliphatic heterocycles. The lowest BCUT2D eigenvalue weighted by atomic mass is 10.2. The molecular weight excluding hydrogens is 294 g/mol. The quantitative estimate of drug-likeness (QED) is 0.692. The Morgan fingerprint density at radius 2 is 1.68 bits per heavy atom. The van der Waals surface area contributed by atoms with Crippen molar-refractivity contribution in [3.05, 3.63) is 54.1 Å². The van der Waals surface area contributed by atoms with Gasteiger partial charge in [-0.3, -0.25) is 9.63 Å². The first-order valence-corrected chi connectivity index (χ1v) is 10.1. The Morgan fingerprint density at radius 1 is 1.09 bits per heavy atom. The maximum Gasteiger partial charge on any atom is 0.277 e. The summed E-state index contributed by atoms with van der Waals surface area (Å²) in [6.45, 7) is 4.36. The summed E-state index contributed by atoms with van der Waals surface area (Å²) in [5.74, 6) is 0.148. The van der Waals surface area contributed by atoms with Crippen LogP contribution in [0, 0.1) is 0 Å². The monoisotopic (exact) mass is 315 g/mol. The van der Waals surface area contributed by atoms with E-state index in [4.69, 9.17) is 4.84 Å². The molecule has 2 aromatic carbocycles. The number of amides is 1. The van der Waals surface area contributed by atoms with Crippen molar-refractivity contribution < 1.29 is 14.7 Å². The van der Waals surface area contributed by atoms with Crippen LogP contribution in [0.5, 0.6) is 5.75 Å². The zero-order valence-corrected chi connectivity index (χ0v) is 14.3. The Hall–Kier alpha value is -2.11. The minimum atomic E-state index is -2.00. The van der Waals surface area contributed by atoms with Gasteiger partial charge in [0.15, 0.2) is 0 Å². The molecular formula is C17H21NO3Si. The van der Waals surface area contributed by atoms with Gasteiger partial charge in [-0.05, 0) is 23.4 Å². The van der Waals surface area contributed by atoms with Gasteiger partial charge in [-0.2, -0.15) is 0 Å². The lowest BCUT2D eigenvalue weighted by Gasteiger charge is -2.25. The number of phenolic OH excluding ortho intramolecular Hbond substituents is 1. The molecule has 0 atom stereocenters. The van der Waals surface area contributed by atoms with Gasteiger partial charge in [-0.1, -0.05) is 48.6 Å². The molecule has 0 radical (unpaired) electrons. The number of hydroxylamine groups is 2. The average Bonchev–Trinajstić information content (AvgIpc) is 2.53. The Balaban J connectivity index is 2.34. The summed E-state index contributed by atoms with van der Waals surface area (Å²) in [6, 6.07) is 15.0. The van der Waals surface area contributed by atoms with Crippen LogP contribution in [0.15, 0.2) is 48.5 Å². The molecule has 4 nitrogen and oxygen atoms in total. The van der Waals surface area contributed by atoms with Crippen LogP contribution in [-0.2, 0) is 4.84 Å². The SMILES string of the molecule is CON(C)C(=O)c1ccc([Si](C)(C)c2ccccc2O)cc1. The molecule has 2 rings (SSSR count). The number of carbonyl (C=O) groups is 1. The summed E-state index contributed by atoms with van der Waals surface area (Å²) >= 11 is 0. The van der Waals surface area contributed by atoms with Gasteiger partial charge in [-0.15, -0.1) is 0 Å². The first kappa shape index (κ1) is 16.3. The van der Waals surface area contributed by atoms with Gasteiger partial charge in [0.2, 0.25) is 0 Å². The molecule has 0 saturated heterocycles. The molecule has 0 saturated carbocycles. The number of hydrogen-bond acceptors (Lipinski definition) is 3. The van der Waals surface area contributed by atoms with Crippen molar-refractivity contribution >= 4 is 24.4 Å². The van der Waals surface area contributed by atoms with Crippen LogP contribution in [0.4, 0.5) is 0 Å². The van der Waals surface area contributed by atoms with E-state index < -0.39 is 8.07 Å². The van der Waals surface area contributed by atoms with E-state index in [2.05, 4.69) is 13.1 Å². The summed E-state index contributed by atoms with van der Waals surface area (Å²) in [6.07, 6.45) is 0. The van der Waals surface area contributed by atoms with E-state index in [1.54, 1.807) is 13.1 Å². The van der Waals surface area contributed by atoms with E-state index in [9.17, 15) is 9.90 Å². The normalized spacial score (nSPS) is 11.3. The minimum Gasteiger partial charge on any atom is -0.508 e. The molecule has 0 aliphatic rings. The smallest absolute Gasteiger partial charge is 0.277 e.